The van der Waals surface area contributed by atoms with E-state index in [0.717, 1.165) is 11.1 Å². The third kappa shape index (κ3) is 3.48. The van der Waals surface area contributed by atoms with Crippen LogP contribution in [0.15, 0.2) is 42.5 Å². The number of benzene rings is 2. The number of rotatable bonds is 5. The molecule has 0 saturated heterocycles. The first-order valence-electron chi connectivity index (χ1n) is 6.45. The Balaban J connectivity index is 1.99. The average Bonchev–Trinajstić information content (AvgIpc) is 2.46. The van der Waals surface area contributed by atoms with Crippen LogP contribution in [0.1, 0.15) is 24.1 Å². The van der Waals surface area contributed by atoms with E-state index in [4.69, 9.17) is 4.74 Å². The maximum Gasteiger partial charge on any atom is 0.160 e. The molecule has 0 spiro atoms. The number of phenols is 1. The summed E-state index contributed by atoms with van der Waals surface area (Å²) in [6.45, 7) is 2.65. The van der Waals surface area contributed by atoms with Crippen LogP contribution < -0.4 is 10.1 Å². The molecular weight excluding hydrogens is 257 g/mol. The van der Waals surface area contributed by atoms with Crippen LogP contribution in [0, 0.1) is 5.82 Å². The van der Waals surface area contributed by atoms with Crippen molar-refractivity contribution in [1.82, 2.24) is 5.32 Å². The number of hydrogen-bond acceptors (Lipinski definition) is 3. The molecule has 20 heavy (non-hydrogen) atoms. The number of hydrogen-bond donors (Lipinski definition) is 2. The van der Waals surface area contributed by atoms with E-state index >= 15 is 0 Å². The monoisotopic (exact) mass is 275 g/mol. The third-order valence-electron chi connectivity index (χ3n) is 3.23. The van der Waals surface area contributed by atoms with Gasteiger partial charge in [-0.2, -0.15) is 0 Å². The SMILES string of the molecule is COc1cc(CN[C@H](C)c2ccc(F)cc2)ccc1O. The highest BCUT2D eigenvalue weighted by atomic mass is 19.1. The van der Waals surface area contributed by atoms with E-state index in [1.807, 2.05) is 13.0 Å². The zero-order valence-corrected chi connectivity index (χ0v) is 11.6. The number of aromatic hydroxyl groups is 1. The van der Waals surface area contributed by atoms with Crippen molar-refractivity contribution >= 4 is 0 Å². The van der Waals surface area contributed by atoms with Gasteiger partial charge in [-0.3, -0.25) is 0 Å². The van der Waals surface area contributed by atoms with Gasteiger partial charge in [-0.1, -0.05) is 18.2 Å². The Kier molecular flexibility index (Phi) is 4.58. The Morgan fingerprint density at radius 3 is 2.55 bits per heavy atom. The first-order chi connectivity index (χ1) is 9.60. The lowest BCUT2D eigenvalue weighted by Gasteiger charge is -2.15. The smallest absolute Gasteiger partial charge is 0.160 e. The topological polar surface area (TPSA) is 41.5 Å². The van der Waals surface area contributed by atoms with E-state index in [1.165, 1.54) is 19.2 Å². The number of nitrogens with one attached hydrogen (secondary N) is 1. The predicted molar refractivity (Wildman–Crippen MR) is 76.3 cm³/mol. The van der Waals surface area contributed by atoms with Crippen LogP contribution >= 0.6 is 0 Å². The number of halogens is 1. The van der Waals surface area contributed by atoms with Gasteiger partial charge in [-0.25, -0.2) is 4.39 Å². The normalized spacial score (nSPS) is 12.2. The minimum Gasteiger partial charge on any atom is -0.504 e. The van der Waals surface area contributed by atoms with Crippen molar-refractivity contribution in [2.75, 3.05) is 7.11 Å². The number of phenolic OH excluding ortho intramolecular Hbond substituents is 1. The van der Waals surface area contributed by atoms with Gasteiger partial charge in [0.05, 0.1) is 7.11 Å². The second kappa shape index (κ2) is 6.39. The summed E-state index contributed by atoms with van der Waals surface area (Å²) in [5.41, 5.74) is 2.03. The zero-order valence-electron chi connectivity index (χ0n) is 11.6. The molecule has 0 aliphatic carbocycles. The summed E-state index contributed by atoms with van der Waals surface area (Å²) in [5, 5.41) is 12.9. The standard InChI is InChI=1S/C16H18FNO2/c1-11(13-4-6-14(17)7-5-13)18-10-12-3-8-15(19)16(9-12)20-2/h3-9,11,18-19H,10H2,1-2H3/t11-/m1/s1. The minimum atomic E-state index is -0.232. The lowest BCUT2D eigenvalue weighted by Crippen LogP contribution is -2.18. The van der Waals surface area contributed by atoms with Gasteiger partial charge < -0.3 is 15.2 Å². The van der Waals surface area contributed by atoms with Crippen LogP contribution in [0.25, 0.3) is 0 Å². The second-order valence-corrected chi connectivity index (χ2v) is 4.66. The first-order valence-corrected chi connectivity index (χ1v) is 6.45. The fourth-order valence-corrected chi connectivity index (χ4v) is 1.97. The predicted octanol–water partition coefficient (Wildman–Crippen LogP) is 3.39. The van der Waals surface area contributed by atoms with E-state index in [2.05, 4.69) is 5.32 Å². The molecule has 0 amide bonds. The van der Waals surface area contributed by atoms with E-state index in [1.54, 1.807) is 24.3 Å². The van der Waals surface area contributed by atoms with E-state index in [-0.39, 0.29) is 17.6 Å². The van der Waals surface area contributed by atoms with E-state index in [0.29, 0.717) is 12.3 Å². The summed E-state index contributed by atoms with van der Waals surface area (Å²) in [6.07, 6.45) is 0. The largest absolute Gasteiger partial charge is 0.504 e. The van der Waals surface area contributed by atoms with Crippen molar-refractivity contribution in [3.05, 3.63) is 59.4 Å². The molecule has 2 N–H and O–H groups in total. The molecule has 0 saturated carbocycles. The van der Waals surface area contributed by atoms with E-state index < -0.39 is 0 Å². The van der Waals surface area contributed by atoms with Gasteiger partial charge in [0.2, 0.25) is 0 Å². The van der Waals surface area contributed by atoms with Crippen LogP contribution in [-0.2, 0) is 6.54 Å². The molecular formula is C16H18FNO2. The third-order valence-corrected chi connectivity index (χ3v) is 3.23. The molecule has 1 atom stereocenters. The lowest BCUT2D eigenvalue weighted by molar-refractivity contribution is 0.372. The van der Waals surface area contributed by atoms with Gasteiger partial charge in [0.15, 0.2) is 11.5 Å². The quantitative estimate of drug-likeness (QED) is 0.879. The zero-order chi connectivity index (χ0) is 14.5. The van der Waals surface area contributed by atoms with Crippen molar-refractivity contribution < 1.29 is 14.2 Å². The van der Waals surface area contributed by atoms with Crippen LogP contribution in [0.5, 0.6) is 11.5 Å². The van der Waals surface area contributed by atoms with Crippen LogP contribution in [0.3, 0.4) is 0 Å². The lowest BCUT2D eigenvalue weighted by atomic mass is 10.1. The Morgan fingerprint density at radius 2 is 1.90 bits per heavy atom. The molecule has 0 aromatic heterocycles. The van der Waals surface area contributed by atoms with Crippen molar-refractivity contribution in [3.8, 4) is 11.5 Å². The van der Waals surface area contributed by atoms with Crippen LogP contribution in [-0.4, -0.2) is 12.2 Å². The molecule has 0 bridgehead atoms. The Labute approximate surface area is 118 Å². The van der Waals surface area contributed by atoms with Gasteiger partial charge in [0.1, 0.15) is 5.82 Å². The molecule has 0 aliphatic rings. The van der Waals surface area contributed by atoms with Crippen molar-refractivity contribution in [1.29, 1.82) is 0 Å². The highest BCUT2D eigenvalue weighted by molar-refractivity contribution is 5.41. The summed E-state index contributed by atoms with van der Waals surface area (Å²) < 4.78 is 17.9. The number of methoxy groups -OCH3 is 1. The second-order valence-electron chi connectivity index (χ2n) is 4.66. The van der Waals surface area contributed by atoms with Crippen LogP contribution in [0.4, 0.5) is 4.39 Å². The fourth-order valence-electron chi connectivity index (χ4n) is 1.97. The van der Waals surface area contributed by atoms with Gasteiger partial charge in [-0.15, -0.1) is 0 Å². The maximum atomic E-state index is 12.9. The Morgan fingerprint density at radius 1 is 1.20 bits per heavy atom. The molecule has 0 fully saturated rings. The van der Waals surface area contributed by atoms with Gasteiger partial charge in [0.25, 0.3) is 0 Å². The summed E-state index contributed by atoms with van der Waals surface area (Å²) in [5.74, 6) is 0.353. The fraction of sp³-hybridized carbons (Fsp3) is 0.250. The maximum absolute atomic E-state index is 12.9. The van der Waals surface area contributed by atoms with Gasteiger partial charge in [0, 0.05) is 12.6 Å². The highest BCUT2D eigenvalue weighted by Crippen LogP contribution is 2.26. The molecule has 2 aromatic rings. The van der Waals surface area contributed by atoms with Crippen molar-refractivity contribution in [3.63, 3.8) is 0 Å². The molecule has 3 nitrogen and oxygen atoms in total. The minimum absolute atomic E-state index is 0.107. The van der Waals surface area contributed by atoms with E-state index in [9.17, 15) is 9.50 Å². The summed E-state index contributed by atoms with van der Waals surface area (Å²) >= 11 is 0. The summed E-state index contributed by atoms with van der Waals surface area (Å²) in [7, 11) is 1.52. The molecule has 0 aliphatic heterocycles. The molecule has 2 rings (SSSR count). The highest BCUT2D eigenvalue weighted by Gasteiger charge is 2.07. The molecule has 0 heterocycles. The molecule has 2 aromatic carbocycles. The molecule has 106 valence electrons. The Hall–Kier alpha value is -2.07. The van der Waals surface area contributed by atoms with Crippen LogP contribution in [0.2, 0.25) is 0 Å². The number of ether oxygens (including phenoxy) is 1. The van der Waals surface area contributed by atoms with Gasteiger partial charge in [-0.05, 0) is 42.3 Å². The Bertz CT molecular complexity index is 569. The molecule has 4 heteroatoms. The molecule has 0 radical (unpaired) electrons. The van der Waals surface area contributed by atoms with Crippen molar-refractivity contribution in [2.45, 2.75) is 19.5 Å². The van der Waals surface area contributed by atoms with Gasteiger partial charge >= 0.3 is 0 Å². The van der Waals surface area contributed by atoms with Crippen molar-refractivity contribution in [2.24, 2.45) is 0 Å². The molecule has 0 unspecified atom stereocenters. The summed E-state index contributed by atoms with van der Waals surface area (Å²) in [4.78, 5) is 0. The summed E-state index contributed by atoms with van der Waals surface area (Å²) in [6, 6.07) is 11.8. The first kappa shape index (κ1) is 14.3. The average molecular weight is 275 g/mol.